The predicted octanol–water partition coefficient (Wildman–Crippen LogP) is 9.94. The van der Waals surface area contributed by atoms with Gasteiger partial charge in [0.2, 0.25) is 0 Å². The Kier molecular flexibility index (Phi) is 20.1. The molecule has 24 nitrogen and oxygen atoms in total. The lowest BCUT2D eigenvalue weighted by Crippen LogP contribution is -2.61. The van der Waals surface area contributed by atoms with Gasteiger partial charge in [0.25, 0.3) is 0 Å². The number of carbonyl (C=O) groups is 12. The molecule has 12 rings (SSSR count). The van der Waals surface area contributed by atoms with E-state index in [-0.39, 0.29) is 112 Å². The third-order valence-electron chi connectivity index (χ3n) is 29.1. The van der Waals surface area contributed by atoms with E-state index in [1.807, 2.05) is 90.0 Å². The molecule has 0 radical (unpaired) electrons. The van der Waals surface area contributed by atoms with Gasteiger partial charge in [0.05, 0.1) is 43.8 Å². The minimum atomic E-state index is -0.973. The molecule has 23 unspecified atom stereocenters. The SMILES string of the molecule is CCC(C)(C)C(=O)OCC(=O)OC1(C)C2(C)CC3(C)C(=O)OC1(C)C3C2C.CCC(C)(C)C(=O)OCC(=O)OC1C2CC3C1OC(=O)C3C2C.CCC(C)(C)C(=O)OCC(=O)OC1C2OC(=O)C3(C)C2CC1(C)C3C.CCC(C)(C)C(=O)OCC(=O)OC1C2OC(=O)C3(C)C2CC1C3(C)C. The van der Waals surface area contributed by atoms with E-state index in [1.54, 1.807) is 55.4 Å². The molecule has 23 atom stereocenters. The van der Waals surface area contributed by atoms with Gasteiger partial charge in [-0.05, 0) is 165 Å². The number of hydrogen-bond acceptors (Lipinski definition) is 24. The summed E-state index contributed by atoms with van der Waals surface area (Å²) in [6.45, 7) is 44.1. The Bertz CT molecular complexity index is 3360. The Balaban J connectivity index is 0.000000156. The molecule has 12 fully saturated rings. The van der Waals surface area contributed by atoms with Gasteiger partial charge in [0.1, 0.15) is 36.6 Å². The van der Waals surface area contributed by atoms with E-state index in [9.17, 15) is 57.5 Å². The van der Waals surface area contributed by atoms with Crippen LogP contribution >= 0.6 is 0 Å². The summed E-state index contributed by atoms with van der Waals surface area (Å²) in [5.41, 5.74) is -6.89. The van der Waals surface area contributed by atoms with E-state index in [2.05, 4.69) is 20.8 Å². The number of rotatable bonds is 20. The zero-order chi connectivity index (χ0) is 75.1. The van der Waals surface area contributed by atoms with Crippen LogP contribution in [-0.2, 0) is 114 Å². The average Bonchev–Trinajstić information content (AvgIpc) is 1.47. The molecule has 4 saturated heterocycles. The molecule has 24 heteroatoms. The summed E-state index contributed by atoms with van der Waals surface area (Å²) < 4.78 is 65.5. The minimum Gasteiger partial charge on any atom is -0.458 e. The third-order valence-corrected chi connectivity index (χ3v) is 29.1. The van der Waals surface area contributed by atoms with E-state index in [0.717, 1.165) is 19.3 Å². The lowest BCUT2D eigenvalue weighted by Gasteiger charge is -2.49. The molecule has 8 aliphatic carbocycles. The summed E-state index contributed by atoms with van der Waals surface area (Å²) in [4.78, 5) is 146. The van der Waals surface area contributed by atoms with Crippen LogP contribution < -0.4 is 0 Å². The average molecular weight is 1410 g/mol. The lowest BCUT2D eigenvalue weighted by atomic mass is 9.59. The largest absolute Gasteiger partial charge is 0.458 e. The Morgan fingerprint density at radius 2 is 0.950 bits per heavy atom. The van der Waals surface area contributed by atoms with Crippen molar-refractivity contribution in [1.82, 2.24) is 0 Å². The Labute approximate surface area is 588 Å². The van der Waals surface area contributed by atoms with E-state index in [4.69, 9.17) is 56.8 Å². The van der Waals surface area contributed by atoms with Crippen molar-refractivity contribution in [3.63, 3.8) is 0 Å². The normalized spacial score (nSPS) is 40.6. The number of carbonyl (C=O) groups excluding carboxylic acids is 12. The summed E-state index contributed by atoms with van der Waals surface area (Å²) in [6, 6.07) is 0. The van der Waals surface area contributed by atoms with Crippen molar-refractivity contribution in [1.29, 1.82) is 0 Å². The minimum absolute atomic E-state index is 0.0122. The van der Waals surface area contributed by atoms with Crippen molar-refractivity contribution in [2.75, 3.05) is 26.4 Å². The summed E-state index contributed by atoms with van der Waals surface area (Å²) in [7, 11) is 0. The first-order valence-electron chi connectivity index (χ1n) is 36.3. The van der Waals surface area contributed by atoms with Crippen LogP contribution in [0.5, 0.6) is 0 Å². The van der Waals surface area contributed by atoms with Gasteiger partial charge in [0.15, 0.2) is 37.6 Å². The van der Waals surface area contributed by atoms with Crippen LogP contribution in [0.3, 0.4) is 0 Å². The van der Waals surface area contributed by atoms with Crippen molar-refractivity contribution in [3.8, 4) is 0 Å². The summed E-state index contributed by atoms with van der Waals surface area (Å²) in [5, 5.41) is 0. The smallest absolute Gasteiger partial charge is 0.344 e. The number of fused-ring (bicyclic) bond motifs is 4. The molecule has 8 bridgehead atoms. The highest BCUT2D eigenvalue weighted by atomic mass is 16.7. The fourth-order valence-electron chi connectivity index (χ4n) is 19.8. The van der Waals surface area contributed by atoms with Crippen molar-refractivity contribution in [2.45, 2.75) is 265 Å². The first-order valence-corrected chi connectivity index (χ1v) is 36.3. The van der Waals surface area contributed by atoms with Crippen molar-refractivity contribution in [2.24, 2.45) is 113 Å². The second-order valence-corrected chi connectivity index (χ2v) is 35.6. The highest BCUT2D eigenvalue weighted by molar-refractivity contribution is 5.86. The molecule has 8 saturated carbocycles. The molecule has 12 aliphatic rings. The predicted molar refractivity (Wildman–Crippen MR) is 353 cm³/mol. The van der Waals surface area contributed by atoms with Crippen LogP contribution in [0.1, 0.15) is 218 Å². The highest BCUT2D eigenvalue weighted by Crippen LogP contribution is 2.79. The van der Waals surface area contributed by atoms with E-state index in [1.165, 1.54) is 0 Å². The highest BCUT2D eigenvalue weighted by Gasteiger charge is 2.87. The van der Waals surface area contributed by atoms with Gasteiger partial charge in [-0.15, -0.1) is 0 Å². The molecule has 560 valence electrons. The Morgan fingerprint density at radius 1 is 0.500 bits per heavy atom. The molecule has 0 amide bonds. The van der Waals surface area contributed by atoms with Crippen LogP contribution in [0.25, 0.3) is 0 Å². The standard InChI is InChI=1S/C21H32O6.2C19H28O6.C17H24O6/c1-9-17(3,4)15(23)25-10-13(22)26-21(8)19(6)11-18(5)14(12(19)2)20(21,7)27-16(18)24;1-7-17(2,3)15(21)23-9-12(20)24-13-10-8-11-14(13)25-16(22)19(11,6)18(10,4)5;1-7-17(3,4)15(21)23-9-12(20)24-14-13-11-8-18(14,5)10(2)19(11,6)16(22)25-13;1-5-17(3,4)16(20)21-7-11(18)22-13-9-6-10-12(8(9)2)15(19)23-14(10)13/h12,14H,9-11H2,1-8H3;2*10-11,13-14H,7-9H2,1-6H3;8-10,12-14H,5-7H2,1-4H3. The Morgan fingerprint density at radius 3 is 1.43 bits per heavy atom. The molecular weight excluding hydrogens is 1300 g/mol. The van der Waals surface area contributed by atoms with Crippen LogP contribution in [0, 0.1) is 113 Å². The van der Waals surface area contributed by atoms with Gasteiger partial charge < -0.3 is 56.8 Å². The monoisotopic (exact) mass is 1410 g/mol. The van der Waals surface area contributed by atoms with E-state index >= 15 is 0 Å². The second kappa shape index (κ2) is 25.8. The second-order valence-electron chi connectivity index (χ2n) is 35.6. The molecule has 0 spiro atoms. The molecular formula is C76H112O24. The van der Waals surface area contributed by atoms with E-state index < -0.39 is 147 Å². The van der Waals surface area contributed by atoms with Crippen LogP contribution in [0.2, 0.25) is 0 Å². The third kappa shape index (κ3) is 11.7. The zero-order valence-electron chi connectivity index (χ0n) is 63.5. The topological polar surface area (TPSA) is 316 Å². The fraction of sp³-hybridized carbons (Fsp3) is 0.842. The molecule has 0 aromatic carbocycles. The van der Waals surface area contributed by atoms with Gasteiger partial charge in [-0.3, -0.25) is 38.4 Å². The molecule has 0 aromatic rings. The Hall–Kier alpha value is -6.36. The van der Waals surface area contributed by atoms with Crippen LogP contribution in [0.15, 0.2) is 0 Å². The fourth-order valence-corrected chi connectivity index (χ4v) is 19.8. The lowest BCUT2D eigenvalue weighted by molar-refractivity contribution is -0.217. The molecule has 100 heavy (non-hydrogen) atoms. The number of ether oxygens (including phenoxy) is 12. The first kappa shape index (κ1) is 77.8. The first-order chi connectivity index (χ1) is 45.9. The van der Waals surface area contributed by atoms with Gasteiger partial charge in [-0.1, -0.05) is 76.2 Å². The van der Waals surface area contributed by atoms with Crippen molar-refractivity contribution >= 4 is 71.6 Å². The maximum Gasteiger partial charge on any atom is 0.344 e. The van der Waals surface area contributed by atoms with Gasteiger partial charge in [-0.2, -0.15) is 0 Å². The van der Waals surface area contributed by atoms with E-state index in [0.29, 0.717) is 32.1 Å². The summed E-state index contributed by atoms with van der Waals surface area (Å²) >= 11 is 0. The maximum absolute atomic E-state index is 12.6. The van der Waals surface area contributed by atoms with Crippen LogP contribution in [-0.4, -0.2) is 146 Å². The molecule has 4 heterocycles. The molecule has 0 aromatic heterocycles. The van der Waals surface area contributed by atoms with Crippen LogP contribution in [0.4, 0.5) is 0 Å². The zero-order valence-corrected chi connectivity index (χ0v) is 63.5. The van der Waals surface area contributed by atoms with Gasteiger partial charge >= 0.3 is 71.6 Å². The van der Waals surface area contributed by atoms with Crippen molar-refractivity contribution < 1.29 is 114 Å². The molecule has 0 N–H and O–H groups in total. The van der Waals surface area contributed by atoms with Gasteiger partial charge in [-0.25, -0.2) is 19.2 Å². The maximum atomic E-state index is 12.6. The number of hydrogen-bond donors (Lipinski definition) is 0. The quantitative estimate of drug-likeness (QED) is 0.0808. The summed E-state index contributed by atoms with van der Waals surface area (Å²) in [6.07, 6.45) is 3.19. The molecule has 4 aliphatic heterocycles. The summed E-state index contributed by atoms with van der Waals surface area (Å²) in [5.74, 6) is -3.85. The van der Waals surface area contributed by atoms with Crippen molar-refractivity contribution in [3.05, 3.63) is 0 Å². The number of esters is 12. The van der Waals surface area contributed by atoms with Gasteiger partial charge in [0, 0.05) is 46.3 Å².